The third-order valence-corrected chi connectivity index (χ3v) is 4.74. The molecule has 1 atom stereocenters. The maximum atomic E-state index is 14.5. The predicted molar refractivity (Wildman–Crippen MR) is 126 cm³/mol. The summed E-state index contributed by atoms with van der Waals surface area (Å²) >= 11 is 0. The van der Waals surface area contributed by atoms with Gasteiger partial charge in [0.15, 0.2) is 23.3 Å². The first-order valence-electron chi connectivity index (χ1n) is 9.94. The van der Waals surface area contributed by atoms with Crippen LogP contribution in [0.2, 0.25) is 0 Å². The van der Waals surface area contributed by atoms with Crippen molar-refractivity contribution >= 4 is 0 Å². The second-order valence-corrected chi connectivity index (χ2v) is 7.26. The Kier molecular flexibility index (Phi) is 12.2. The van der Waals surface area contributed by atoms with Gasteiger partial charge in [0.1, 0.15) is 0 Å². The van der Waals surface area contributed by atoms with Crippen LogP contribution in [0, 0.1) is 5.92 Å². The molecule has 4 heteroatoms. The highest BCUT2D eigenvalue weighted by Gasteiger charge is 2.19. The van der Waals surface area contributed by atoms with Crippen LogP contribution in [0.3, 0.4) is 0 Å². The monoisotopic (exact) mass is 432 g/mol. The largest absolute Gasteiger partial charge is 0.203 e. The van der Waals surface area contributed by atoms with Gasteiger partial charge in [-0.15, -0.1) is 6.58 Å². The zero-order valence-corrected chi connectivity index (χ0v) is 18.6. The minimum Gasteiger partial charge on any atom is -0.203 e. The van der Waals surface area contributed by atoms with Crippen molar-refractivity contribution in [2.75, 3.05) is 0 Å². The standard InChI is InChI=1S/C27H32F4/c1-10-12-14-17(3)21(7)26(30)27(31)23(9)19(5)16-15-18(4)22(8)25(29)24(28)20(6)13-11-2/h11,15-17H,2,4-10,12-14H2,1,3H3/b16-15-,25-24-,27-26-. The number of allylic oxidation sites excluding steroid dienone is 13. The summed E-state index contributed by atoms with van der Waals surface area (Å²) in [6.45, 7) is 28.6. The smallest absolute Gasteiger partial charge is 0.166 e. The Morgan fingerprint density at radius 2 is 1.23 bits per heavy atom. The van der Waals surface area contributed by atoms with Crippen LogP contribution >= 0.6 is 0 Å². The van der Waals surface area contributed by atoms with E-state index in [0.29, 0.717) is 6.42 Å². The van der Waals surface area contributed by atoms with Gasteiger partial charge < -0.3 is 0 Å². The van der Waals surface area contributed by atoms with Crippen LogP contribution in [0.1, 0.15) is 39.5 Å². The molecule has 0 aromatic heterocycles. The van der Waals surface area contributed by atoms with Crippen LogP contribution in [-0.4, -0.2) is 0 Å². The molecule has 31 heavy (non-hydrogen) atoms. The third kappa shape index (κ3) is 8.41. The third-order valence-electron chi connectivity index (χ3n) is 4.74. The quantitative estimate of drug-likeness (QED) is 0.146. The molecule has 0 aliphatic rings. The average Bonchev–Trinajstić information content (AvgIpc) is 2.76. The van der Waals surface area contributed by atoms with E-state index in [1.165, 1.54) is 18.2 Å². The zero-order valence-electron chi connectivity index (χ0n) is 18.6. The Hall–Kier alpha value is -2.88. The molecule has 1 unspecified atom stereocenters. The van der Waals surface area contributed by atoms with Crippen molar-refractivity contribution < 1.29 is 17.6 Å². The fourth-order valence-electron chi connectivity index (χ4n) is 2.41. The van der Waals surface area contributed by atoms with Crippen molar-refractivity contribution in [1.82, 2.24) is 0 Å². The fourth-order valence-corrected chi connectivity index (χ4v) is 2.41. The molecule has 168 valence electrons. The summed E-state index contributed by atoms with van der Waals surface area (Å²) in [6.07, 6.45) is 6.52. The molecule has 0 spiro atoms. The minimum atomic E-state index is -1.21. The van der Waals surface area contributed by atoms with Crippen LogP contribution in [0.4, 0.5) is 17.6 Å². The molecular weight excluding hydrogens is 400 g/mol. The van der Waals surface area contributed by atoms with Crippen molar-refractivity contribution in [3.63, 3.8) is 0 Å². The van der Waals surface area contributed by atoms with Crippen molar-refractivity contribution in [3.05, 3.63) is 121 Å². The Morgan fingerprint density at radius 1 is 0.774 bits per heavy atom. The predicted octanol–water partition coefficient (Wildman–Crippen LogP) is 9.58. The van der Waals surface area contributed by atoms with E-state index in [-0.39, 0.29) is 45.8 Å². The lowest BCUT2D eigenvalue weighted by atomic mass is 9.94. The van der Waals surface area contributed by atoms with Crippen molar-refractivity contribution in [2.45, 2.75) is 39.5 Å². The van der Waals surface area contributed by atoms with Crippen LogP contribution in [0.15, 0.2) is 121 Å². The van der Waals surface area contributed by atoms with Gasteiger partial charge in [0.2, 0.25) is 0 Å². The molecule has 0 nitrogen and oxygen atoms in total. The van der Waals surface area contributed by atoms with E-state index in [2.05, 4.69) is 46.1 Å². The molecule has 0 aliphatic carbocycles. The molecule has 0 saturated heterocycles. The topological polar surface area (TPSA) is 0 Å². The maximum absolute atomic E-state index is 14.5. The molecule has 0 N–H and O–H groups in total. The number of hydrogen-bond donors (Lipinski definition) is 0. The first-order valence-corrected chi connectivity index (χ1v) is 9.94. The fraction of sp³-hybridized carbons (Fsp3) is 0.259. The molecule has 0 bridgehead atoms. The van der Waals surface area contributed by atoms with Crippen LogP contribution in [0.5, 0.6) is 0 Å². The minimum absolute atomic E-state index is 0.0236. The van der Waals surface area contributed by atoms with Crippen LogP contribution < -0.4 is 0 Å². The van der Waals surface area contributed by atoms with Crippen LogP contribution in [0.25, 0.3) is 0 Å². The van der Waals surface area contributed by atoms with Gasteiger partial charge in [0.25, 0.3) is 0 Å². The molecule has 0 radical (unpaired) electrons. The van der Waals surface area contributed by atoms with E-state index >= 15 is 0 Å². The zero-order chi connectivity index (χ0) is 24.3. The molecule has 0 amide bonds. The molecule has 0 aromatic rings. The van der Waals surface area contributed by atoms with Crippen LogP contribution in [-0.2, 0) is 0 Å². The van der Waals surface area contributed by atoms with E-state index < -0.39 is 23.3 Å². The lowest BCUT2D eigenvalue weighted by Crippen LogP contribution is -2.01. The summed E-state index contributed by atoms with van der Waals surface area (Å²) in [7, 11) is 0. The number of unbranched alkanes of at least 4 members (excludes halogenated alkanes) is 1. The number of hydrogen-bond acceptors (Lipinski definition) is 0. The highest BCUT2D eigenvalue weighted by Crippen LogP contribution is 2.32. The van der Waals surface area contributed by atoms with Gasteiger partial charge in [0, 0.05) is 11.1 Å². The van der Waals surface area contributed by atoms with E-state index in [1.807, 2.05) is 6.92 Å². The van der Waals surface area contributed by atoms with Gasteiger partial charge in [-0.05, 0) is 41.1 Å². The Bertz CT molecular complexity index is 875. The summed E-state index contributed by atoms with van der Waals surface area (Å²) in [6, 6.07) is 0. The van der Waals surface area contributed by atoms with Gasteiger partial charge >= 0.3 is 0 Å². The molecule has 0 saturated carbocycles. The second-order valence-electron chi connectivity index (χ2n) is 7.26. The molecule has 0 rings (SSSR count). The van der Waals surface area contributed by atoms with E-state index in [9.17, 15) is 17.6 Å². The summed E-state index contributed by atoms with van der Waals surface area (Å²) in [5.41, 5.74) is -0.550. The van der Waals surface area contributed by atoms with E-state index in [1.54, 1.807) is 6.92 Å². The molecule has 0 aliphatic heterocycles. The molecular formula is C27H32F4. The Labute approximate surface area is 184 Å². The summed E-state index contributed by atoms with van der Waals surface area (Å²) in [4.78, 5) is 0. The lowest BCUT2D eigenvalue weighted by Gasteiger charge is -2.14. The van der Waals surface area contributed by atoms with E-state index in [4.69, 9.17) is 0 Å². The first-order chi connectivity index (χ1) is 14.4. The van der Waals surface area contributed by atoms with Gasteiger partial charge in [0.05, 0.1) is 0 Å². The number of halogens is 4. The van der Waals surface area contributed by atoms with Gasteiger partial charge in [-0.2, -0.15) is 0 Å². The second kappa shape index (κ2) is 13.4. The molecule has 0 aromatic carbocycles. The first kappa shape index (κ1) is 28.1. The van der Waals surface area contributed by atoms with E-state index in [0.717, 1.165) is 12.8 Å². The average molecular weight is 433 g/mol. The molecule has 0 heterocycles. The summed E-state index contributed by atoms with van der Waals surface area (Å²) < 4.78 is 57.3. The maximum Gasteiger partial charge on any atom is 0.166 e. The highest BCUT2D eigenvalue weighted by atomic mass is 19.2. The van der Waals surface area contributed by atoms with Gasteiger partial charge in [-0.1, -0.05) is 84.4 Å². The normalized spacial score (nSPS) is 13.7. The van der Waals surface area contributed by atoms with Crippen molar-refractivity contribution in [1.29, 1.82) is 0 Å². The summed E-state index contributed by atoms with van der Waals surface area (Å²) in [5.74, 6) is -4.80. The highest BCUT2D eigenvalue weighted by molar-refractivity contribution is 5.54. The molecule has 0 fully saturated rings. The SMILES string of the molecule is C=CCC(=C)/C(F)=C(/F)C(=C)C(=C)/C=C\C(=C)C(=C)/C(F)=C(/F)C(=C)C(C)CCCC. The number of rotatable bonds is 14. The van der Waals surface area contributed by atoms with Gasteiger partial charge in [-0.25, -0.2) is 17.6 Å². The summed E-state index contributed by atoms with van der Waals surface area (Å²) in [5, 5.41) is 0. The lowest BCUT2D eigenvalue weighted by molar-refractivity contribution is 0.507. The Balaban J connectivity index is 5.38. The van der Waals surface area contributed by atoms with Gasteiger partial charge in [-0.3, -0.25) is 0 Å². The van der Waals surface area contributed by atoms with Crippen molar-refractivity contribution in [2.24, 2.45) is 5.92 Å². The van der Waals surface area contributed by atoms with Crippen molar-refractivity contribution in [3.8, 4) is 0 Å². The Morgan fingerprint density at radius 3 is 1.65 bits per heavy atom.